The molecule has 0 aliphatic heterocycles. The van der Waals surface area contributed by atoms with Crippen LogP contribution >= 0.6 is 0 Å². The highest BCUT2D eigenvalue weighted by Gasteiger charge is 2.11. The number of aliphatic hydroxyl groups is 1. The zero-order valence-corrected chi connectivity index (χ0v) is 8.84. The fourth-order valence-corrected chi connectivity index (χ4v) is 1.06. The number of methoxy groups -OCH3 is 1. The summed E-state index contributed by atoms with van der Waals surface area (Å²) in [5, 5.41) is 15.9. The van der Waals surface area contributed by atoms with E-state index < -0.39 is 0 Å². The number of hydrogen-bond acceptors (Lipinski definition) is 4. The first-order chi connectivity index (χ1) is 6.22. The molecule has 0 aliphatic carbocycles. The van der Waals surface area contributed by atoms with Crippen LogP contribution in [0.5, 0.6) is 0 Å². The van der Waals surface area contributed by atoms with E-state index in [0.29, 0.717) is 13.2 Å². The monoisotopic (exact) mass is 190 g/mol. The number of ether oxygens (including phenoxy) is 1. The SMILES string of the molecule is CCNC(C)C(O)CNCCOC. The number of nitrogens with one attached hydrogen (secondary N) is 2. The molecule has 4 nitrogen and oxygen atoms in total. The molecule has 0 amide bonds. The Bertz CT molecular complexity index is 112. The van der Waals surface area contributed by atoms with Crippen LogP contribution in [0.1, 0.15) is 13.8 Å². The zero-order valence-electron chi connectivity index (χ0n) is 8.84. The molecule has 80 valence electrons. The van der Waals surface area contributed by atoms with E-state index in [9.17, 15) is 5.11 Å². The third-order valence-corrected chi connectivity index (χ3v) is 1.94. The molecule has 0 spiro atoms. The molecule has 2 atom stereocenters. The summed E-state index contributed by atoms with van der Waals surface area (Å²) in [5.41, 5.74) is 0. The van der Waals surface area contributed by atoms with Crippen molar-refractivity contribution in [2.24, 2.45) is 0 Å². The molecule has 0 aliphatic rings. The van der Waals surface area contributed by atoms with E-state index in [0.717, 1.165) is 13.1 Å². The Labute approximate surface area is 80.7 Å². The molecule has 0 rings (SSSR count). The summed E-state index contributed by atoms with van der Waals surface area (Å²) in [6.07, 6.45) is -0.336. The molecule has 0 saturated heterocycles. The van der Waals surface area contributed by atoms with E-state index >= 15 is 0 Å². The second kappa shape index (κ2) is 8.44. The molecule has 4 heteroatoms. The Balaban J connectivity index is 3.32. The van der Waals surface area contributed by atoms with Gasteiger partial charge in [-0.3, -0.25) is 0 Å². The van der Waals surface area contributed by atoms with Crippen molar-refractivity contribution in [3.8, 4) is 0 Å². The second-order valence-electron chi connectivity index (χ2n) is 3.11. The van der Waals surface area contributed by atoms with Crippen LogP contribution in [0.15, 0.2) is 0 Å². The number of hydrogen-bond donors (Lipinski definition) is 3. The quantitative estimate of drug-likeness (QED) is 0.455. The van der Waals surface area contributed by atoms with Gasteiger partial charge in [0.2, 0.25) is 0 Å². The van der Waals surface area contributed by atoms with Gasteiger partial charge in [0, 0.05) is 26.2 Å². The van der Waals surface area contributed by atoms with Gasteiger partial charge in [-0.15, -0.1) is 0 Å². The summed E-state index contributed by atoms with van der Waals surface area (Å²) in [7, 11) is 1.67. The normalized spacial score (nSPS) is 15.7. The van der Waals surface area contributed by atoms with Crippen LogP contribution in [0.25, 0.3) is 0 Å². The Morgan fingerprint density at radius 2 is 2.15 bits per heavy atom. The van der Waals surface area contributed by atoms with Gasteiger partial charge in [0.1, 0.15) is 0 Å². The Morgan fingerprint density at radius 3 is 2.69 bits per heavy atom. The fourth-order valence-electron chi connectivity index (χ4n) is 1.06. The lowest BCUT2D eigenvalue weighted by molar-refractivity contribution is 0.128. The number of rotatable bonds is 8. The van der Waals surface area contributed by atoms with Gasteiger partial charge in [0.25, 0.3) is 0 Å². The van der Waals surface area contributed by atoms with Gasteiger partial charge >= 0.3 is 0 Å². The second-order valence-corrected chi connectivity index (χ2v) is 3.11. The zero-order chi connectivity index (χ0) is 10.1. The van der Waals surface area contributed by atoms with Gasteiger partial charge in [-0.2, -0.15) is 0 Å². The van der Waals surface area contributed by atoms with E-state index in [1.165, 1.54) is 0 Å². The molecule has 3 N–H and O–H groups in total. The van der Waals surface area contributed by atoms with Gasteiger partial charge in [-0.05, 0) is 13.5 Å². The molecule has 0 fully saturated rings. The highest BCUT2D eigenvalue weighted by molar-refractivity contribution is 4.72. The Hall–Kier alpha value is -0.160. The van der Waals surface area contributed by atoms with Gasteiger partial charge in [-0.25, -0.2) is 0 Å². The van der Waals surface area contributed by atoms with E-state index in [2.05, 4.69) is 10.6 Å². The minimum absolute atomic E-state index is 0.139. The summed E-state index contributed by atoms with van der Waals surface area (Å²) < 4.78 is 4.87. The van der Waals surface area contributed by atoms with E-state index in [1.54, 1.807) is 7.11 Å². The topological polar surface area (TPSA) is 53.5 Å². The molecule has 0 aromatic heterocycles. The lowest BCUT2D eigenvalue weighted by atomic mass is 10.2. The molecule has 0 aromatic rings. The van der Waals surface area contributed by atoms with Crippen LogP contribution in [0, 0.1) is 0 Å². The van der Waals surface area contributed by atoms with Crippen LogP contribution in [-0.4, -0.2) is 50.6 Å². The molecule has 0 bridgehead atoms. The summed E-state index contributed by atoms with van der Waals surface area (Å²) in [5.74, 6) is 0. The van der Waals surface area contributed by atoms with Crippen molar-refractivity contribution in [1.82, 2.24) is 10.6 Å². The van der Waals surface area contributed by atoms with E-state index in [1.807, 2.05) is 13.8 Å². The van der Waals surface area contributed by atoms with Gasteiger partial charge < -0.3 is 20.5 Å². The van der Waals surface area contributed by atoms with Crippen LogP contribution < -0.4 is 10.6 Å². The maximum absolute atomic E-state index is 9.58. The fraction of sp³-hybridized carbons (Fsp3) is 1.00. The first kappa shape index (κ1) is 12.8. The number of likely N-dealkylation sites (N-methyl/N-ethyl adjacent to an activating group) is 1. The summed E-state index contributed by atoms with van der Waals surface area (Å²) >= 11 is 0. The van der Waals surface area contributed by atoms with Crippen molar-refractivity contribution in [2.45, 2.75) is 26.0 Å². The molecular formula is C9H22N2O2. The lowest BCUT2D eigenvalue weighted by Gasteiger charge is -2.19. The average molecular weight is 190 g/mol. The van der Waals surface area contributed by atoms with E-state index in [-0.39, 0.29) is 12.1 Å². The van der Waals surface area contributed by atoms with Gasteiger partial charge in [0.05, 0.1) is 12.7 Å². The minimum atomic E-state index is -0.336. The van der Waals surface area contributed by atoms with Crippen LogP contribution in [-0.2, 0) is 4.74 Å². The van der Waals surface area contributed by atoms with Crippen molar-refractivity contribution in [1.29, 1.82) is 0 Å². The average Bonchev–Trinajstić information content (AvgIpc) is 2.12. The molecular weight excluding hydrogens is 168 g/mol. The van der Waals surface area contributed by atoms with E-state index in [4.69, 9.17) is 4.74 Å². The lowest BCUT2D eigenvalue weighted by Crippen LogP contribution is -2.43. The predicted molar refractivity (Wildman–Crippen MR) is 53.9 cm³/mol. The molecule has 0 radical (unpaired) electrons. The smallest absolute Gasteiger partial charge is 0.0814 e. The maximum atomic E-state index is 9.58. The predicted octanol–water partition coefficient (Wildman–Crippen LogP) is -0.419. The largest absolute Gasteiger partial charge is 0.390 e. The summed E-state index contributed by atoms with van der Waals surface area (Å²) in [6, 6.07) is 0.139. The highest BCUT2D eigenvalue weighted by atomic mass is 16.5. The van der Waals surface area contributed by atoms with Gasteiger partial charge in [0.15, 0.2) is 0 Å². The van der Waals surface area contributed by atoms with Crippen molar-refractivity contribution in [3.05, 3.63) is 0 Å². The molecule has 0 aromatic carbocycles. The summed E-state index contributed by atoms with van der Waals surface area (Å²) in [4.78, 5) is 0. The minimum Gasteiger partial charge on any atom is -0.390 e. The third-order valence-electron chi connectivity index (χ3n) is 1.94. The van der Waals surface area contributed by atoms with Crippen LogP contribution in [0.3, 0.4) is 0 Å². The van der Waals surface area contributed by atoms with Crippen molar-refractivity contribution < 1.29 is 9.84 Å². The molecule has 0 saturated carbocycles. The number of aliphatic hydroxyl groups excluding tert-OH is 1. The van der Waals surface area contributed by atoms with Crippen molar-refractivity contribution >= 4 is 0 Å². The summed E-state index contributed by atoms with van der Waals surface area (Å²) in [6.45, 7) is 6.97. The molecule has 13 heavy (non-hydrogen) atoms. The molecule has 0 heterocycles. The van der Waals surface area contributed by atoms with Crippen molar-refractivity contribution in [2.75, 3.05) is 33.4 Å². The maximum Gasteiger partial charge on any atom is 0.0814 e. The Kier molecular flexibility index (Phi) is 8.33. The van der Waals surface area contributed by atoms with Gasteiger partial charge in [-0.1, -0.05) is 6.92 Å². The first-order valence-corrected chi connectivity index (χ1v) is 4.83. The standard InChI is InChI=1S/C9H22N2O2/c1-4-11-8(2)9(12)7-10-5-6-13-3/h8-12H,4-7H2,1-3H3. The van der Waals surface area contributed by atoms with Crippen molar-refractivity contribution in [3.63, 3.8) is 0 Å². The third kappa shape index (κ3) is 6.95. The molecule has 2 unspecified atom stereocenters. The van der Waals surface area contributed by atoms with Crippen LogP contribution in [0.2, 0.25) is 0 Å². The Morgan fingerprint density at radius 1 is 1.46 bits per heavy atom. The van der Waals surface area contributed by atoms with Crippen LogP contribution in [0.4, 0.5) is 0 Å². The highest BCUT2D eigenvalue weighted by Crippen LogP contribution is 1.89. The first-order valence-electron chi connectivity index (χ1n) is 4.83.